The molecule has 1 aromatic carbocycles. The highest BCUT2D eigenvalue weighted by molar-refractivity contribution is 5.97. The molecule has 0 aliphatic rings. The summed E-state index contributed by atoms with van der Waals surface area (Å²) in [7, 11) is 1.69. The van der Waals surface area contributed by atoms with Gasteiger partial charge in [-0.05, 0) is 12.0 Å². The first-order chi connectivity index (χ1) is 10.2. The molecular formula is C15H20N4O2. The molecule has 0 radical (unpaired) electrons. The van der Waals surface area contributed by atoms with Crippen LogP contribution in [-0.4, -0.2) is 28.8 Å². The normalized spacial score (nSPS) is 10.5. The molecule has 0 bridgehead atoms. The molecule has 0 saturated carbocycles. The van der Waals surface area contributed by atoms with Gasteiger partial charge in [0, 0.05) is 20.2 Å². The van der Waals surface area contributed by atoms with Gasteiger partial charge in [0.25, 0.3) is 5.91 Å². The molecule has 2 rings (SSSR count). The van der Waals surface area contributed by atoms with Crippen LogP contribution in [0.1, 0.15) is 22.5 Å². The van der Waals surface area contributed by atoms with E-state index in [1.165, 1.54) is 10.9 Å². The number of carbonyl (C=O) groups excluding carboxylic acids is 1. The lowest BCUT2D eigenvalue weighted by Gasteiger charge is -2.07. The van der Waals surface area contributed by atoms with Crippen molar-refractivity contribution in [2.45, 2.75) is 13.0 Å². The number of nitrogens with one attached hydrogen (secondary N) is 1. The second-order valence-corrected chi connectivity index (χ2v) is 4.72. The number of nitrogen functional groups attached to an aromatic ring is 1. The van der Waals surface area contributed by atoms with Crippen molar-refractivity contribution >= 4 is 11.6 Å². The summed E-state index contributed by atoms with van der Waals surface area (Å²) in [5.74, 6) is -0.212. The minimum Gasteiger partial charge on any atom is -0.396 e. The van der Waals surface area contributed by atoms with Gasteiger partial charge < -0.3 is 15.8 Å². The van der Waals surface area contributed by atoms with Crippen LogP contribution < -0.4 is 11.1 Å². The van der Waals surface area contributed by atoms with Gasteiger partial charge in [-0.2, -0.15) is 5.10 Å². The third-order valence-corrected chi connectivity index (χ3v) is 3.04. The Morgan fingerprint density at radius 2 is 2.14 bits per heavy atom. The molecule has 6 nitrogen and oxygen atoms in total. The highest BCUT2D eigenvalue weighted by Gasteiger charge is 2.13. The second-order valence-electron chi connectivity index (χ2n) is 4.72. The first-order valence-electron chi connectivity index (χ1n) is 6.86. The number of hydrogen-bond donors (Lipinski definition) is 2. The van der Waals surface area contributed by atoms with Crippen molar-refractivity contribution in [3.8, 4) is 0 Å². The SMILES string of the molecule is Cn1ncc(N)c1C(=O)NCCCOCc1ccccc1. The number of benzene rings is 1. The largest absolute Gasteiger partial charge is 0.396 e. The highest BCUT2D eigenvalue weighted by Crippen LogP contribution is 2.08. The Labute approximate surface area is 123 Å². The van der Waals surface area contributed by atoms with Gasteiger partial charge in [0.2, 0.25) is 0 Å². The van der Waals surface area contributed by atoms with Crippen molar-refractivity contribution in [1.29, 1.82) is 0 Å². The van der Waals surface area contributed by atoms with Crippen LogP contribution >= 0.6 is 0 Å². The number of hydrogen-bond acceptors (Lipinski definition) is 4. The number of rotatable bonds is 7. The molecule has 3 N–H and O–H groups in total. The molecule has 6 heteroatoms. The van der Waals surface area contributed by atoms with Gasteiger partial charge in [-0.25, -0.2) is 0 Å². The lowest BCUT2D eigenvalue weighted by molar-refractivity contribution is 0.0926. The average molecular weight is 288 g/mol. The summed E-state index contributed by atoms with van der Waals surface area (Å²) in [5, 5.41) is 6.74. The summed E-state index contributed by atoms with van der Waals surface area (Å²) in [6, 6.07) is 9.98. The average Bonchev–Trinajstić information content (AvgIpc) is 2.83. The van der Waals surface area contributed by atoms with Crippen molar-refractivity contribution in [3.63, 3.8) is 0 Å². The zero-order valence-electron chi connectivity index (χ0n) is 12.1. The van der Waals surface area contributed by atoms with Crippen molar-refractivity contribution in [2.75, 3.05) is 18.9 Å². The van der Waals surface area contributed by atoms with Crippen LogP contribution in [0, 0.1) is 0 Å². The van der Waals surface area contributed by atoms with Crippen LogP contribution in [0.15, 0.2) is 36.5 Å². The van der Waals surface area contributed by atoms with Crippen LogP contribution in [0.3, 0.4) is 0 Å². The van der Waals surface area contributed by atoms with Gasteiger partial charge in [-0.15, -0.1) is 0 Å². The molecule has 0 saturated heterocycles. The smallest absolute Gasteiger partial charge is 0.271 e. The summed E-state index contributed by atoms with van der Waals surface area (Å²) in [6.45, 7) is 1.72. The van der Waals surface area contributed by atoms with E-state index in [0.717, 1.165) is 12.0 Å². The maximum Gasteiger partial charge on any atom is 0.271 e. The number of nitrogens with two attached hydrogens (primary N) is 1. The molecule has 112 valence electrons. The van der Waals surface area contributed by atoms with Crippen molar-refractivity contribution in [3.05, 3.63) is 47.8 Å². The molecule has 1 heterocycles. The lowest BCUT2D eigenvalue weighted by Crippen LogP contribution is -2.28. The first-order valence-corrected chi connectivity index (χ1v) is 6.86. The quantitative estimate of drug-likeness (QED) is 0.753. The van der Waals surface area contributed by atoms with Gasteiger partial charge in [-0.1, -0.05) is 30.3 Å². The summed E-state index contributed by atoms with van der Waals surface area (Å²) in [4.78, 5) is 11.9. The zero-order valence-corrected chi connectivity index (χ0v) is 12.1. The predicted octanol–water partition coefficient (Wildman–Crippen LogP) is 1.34. The second kappa shape index (κ2) is 7.44. The van der Waals surface area contributed by atoms with E-state index in [0.29, 0.717) is 31.1 Å². The van der Waals surface area contributed by atoms with E-state index in [1.54, 1.807) is 7.05 Å². The Kier molecular flexibility index (Phi) is 5.34. The Morgan fingerprint density at radius 1 is 1.38 bits per heavy atom. The molecule has 1 amide bonds. The van der Waals surface area contributed by atoms with E-state index >= 15 is 0 Å². The fourth-order valence-corrected chi connectivity index (χ4v) is 1.96. The topological polar surface area (TPSA) is 82.2 Å². The minimum absolute atomic E-state index is 0.212. The third kappa shape index (κ3) is 4.32. The van der Waals surface area contributed by atoms with Gasteiger partial charge >= 0.3 is 0 Å². The number of anilines is 1. The maximum atomic E-state index is 11.9. The Hall–Kier alpha value is -2.34. The van der Waals surface area contributed by atoms with Crippen LogP contribution in [0.25, 0.3) is 0 Å². The fraction of sp³-hybridized carbons (Fsp3) is 0.333. The van der Waals surface area contributed by atoms with Crippen molar-refractivity contribution in [1.82, 2.24) is 15.1 Å². The summed E-state index contributed by atoms with van der Waals surface area (Å²) < 4.78 is 7.01. The number of ether oxygens (including phenoxy) is 1. The van der Waals surface area contributed by atoms with Crippen molar-refractivity contribution < 1.29 is 9.53 Å². The summed E-state index contributed by atoms with van der Waals surface area (Å²) in [6.07, 6.45) is 2.22. The molecule has 0 spiro atoms. The number of aryl methyl sites for hydroxylation is 1. The number of carbonyl (C=O) groups is 1. The fourth-order valence-electron chi connectivity index (χ4n) is 1.96. The summed E-state index contributed by atoms with van der Waals surface area (Å²) in [5.41, 5.74) is 7.61. The molecule has 0 atom stereocenters. The third-order valence-electron chi connectivity index (χ3n) is 3.04. The lowest BCUT2D eigenvalue weighted by atomic mass is 10.2. The number of nitrogens with zero attached hydrogens (tertiary/aromatic N) is 2. The molecule has 21 heavy (non-hydrogen) atoms. The van der Waals surface area contributed by atoms with Gasteiger partial charge in [0.15, 0.2) is 0 Å². The number of amides is 1. The maximum absolute atomic E-state index is 11.9. The highest BCUT2D eigenvalue weighted by atomic mass is 16.5. The molecule has 0 aliphatic carbocycles. The van der Waals surface area contributed by atoms with Crippen molar-refractivity contribution in [2.24, 2.45) is 7.05 Å². The van der Waals surface area contributed by atoms with Gasteiger partial charge in [-0.3, -0.25) is 9.48 Å². The first kappa shape index (κ1) is 15.1. The number of aromatic nitrogens is 2. The van der Waals surface area contributed by atoms with E-state index in [-0.39, 0.29) is 5.91 Å². The van der Waals surface area contributed by atoms with E-state index < -0.39 is 0 Å². The standard InChI is InChI=1S/C15H20N4O2/c1-19-14(13(16)10-18-19)15(20)17-8-5-9-21-11-12-6-3-2-4-7-12/h2-4,6-7,10H,5,8-9,11,16H2,1H3,(H,17,20). The molecule has 0 unspecified atom stereocenters. The minimum atomic E-state index is -0.212. The Morgan fingerprint density at radius 3 is 2.81 bits per heavy atom. The molecule has 0 fully saturated rings. The zero-order chi connectivity index (χ0) is 15.1. The van der Waals surface area contributed by atoms with Crippen LogP contribution in [0.4, 0.5) is 5.69 Å². The van der Waals surface area contributed by atoms with E-state index in [4.69, 9.17) is 10.5 Å². The Bertz CT molecular complexity index is 561. The Balaban J connectivity index is 1.63. The summed E-state index contributed by atoms with van der Waals surface area (Å²) >= 11 is 0. The molecule has 2 aromatic rings. The van der Waals surface area contributed by atoms with E-state index in [9.17, 15) is 4.79 Å². The van der Waals surface area contributed by atoms with Crippen LogP contribution in [0.5, 0.6) is 0 Å². The van der Waals surface area contributed by atoms with E-state index in [2.05, 4.69) is 10.4 Å². The van der Waals surface area contributed by atoms with Crippen LogP contribution in [-0.2, 0) is 18.4 Å². The van der Waals surface area contributed by atoms with Crippen LogP contribution in [0.2, 0.25) is 0 Å². The van der Waals surface area contributed by atoms with Gasteiger partial charge in [0.1, 0.15) is 5.69 Å². The monoisotopic (exact) mass is 288 g/mol. The molecule has 1 aromatic heterocycles. The predicted molar refractivity (Wildman–Crippen MR) is 80.7 cm³/mol. The van der Waals surface area contributed by atoms with E-state index in [1.807, 2.05) is 30.3 Å². The molecular weight excluding hydrogens is 268 g/mol. The van der Waals surface area contributed by atoms with Gasteiger partial charge in [0.05, 0.1) is 18.5 Å². The molecule has 0 aliphatic heterocycles.